The first kappa shape index (κ1) is 14.9. The molecule has 0 fully saturated rings. The lowest BCUT2D eigenvalue weighted by Gasteiger charge is -2.10. The van der Waals surface area contributed by atoms with Crippen LogP contribution in [-0.4, -0.2) is 13.2 Å². The van der Waals surface area contributed by atoms with Crippen LogP contribution in [0.1, 0.15) is 38.2 Å². The fourth-order valence-corrected chi connectivity index (χ4v) is 2.46. The van der Waals surface area contributed by atoms with Crippen molar-refractivity contribution in [2.24, 2.45) is 5.73 Å². The van der Waals surface area contributed by atoms with Gasteiger partial charge in [-0.15, -0.1) is 0 Å². The van der Waals surface area contributed by atoms with E-state index in [-0.39, 0.29) is 0 Å². The Kier molecular flexibility index (Phi) is 5.87. The molecule has 0 heterocycles. The Morgan fingerprint density at radius 2 is 1.95 bits per heavy atom. The molecule has 2 aromatic carbocycles. The van der Waals surface area contributed by atoms with Crippen molar-refractivity contribution in [2.45, 2.75) is 39.0 Å². The first-order valence-corrected chi connectivity index (χ1v) is 7.69. The van der Waals surface area contributed by atoms with E-state index in [0.717, 1.165) is 38.2 Å². The number of aryl methyl sites for hydroxylation is 1. The summed E-state index contributed by atoms with van der Waals surface area (Å²) in [6.07, 6.45) is 5.65. The van der Waals surface area contributed by atoms with Gasteiger partial charge < -0.3 is 10.5 Å². The quantitative estimate of drug-likeness (QED) is 0.726. The fourth-order valence-electron chi connectivity index (χ4n) is 2.46. The Morgan fingerprint density at radius 3 is 2.75 bits per heavy atom. The van der Waals surface area contributed by atoms with Crippen molar-refractivity contribution in [3.63, 3.8) is 0 Å². The Morgan fingerprint density at radius 1 is 1.05 bits per heavy atom. The number of hydrogen-bond acceptors (Lipinski definition) is 2. The maximum Gasteiger partial charge on any atom is 0.119 e. The van der Waals surface area contributed by atoms with Crippen LogP contribution < -0.4 is 10.5 Å². The highest BCUT2D eigenvalue weighted by Crippen LogP contribution is 2.25. The maximum atomic E-state index is 5.85. The van der Waals surface area contributed by atoms with E-state index in [2.05, 4.69) is 43.3 Å². The van der Waals surface area contributed by atoms with Crippen molar-refractivity contribution in [3.05, 3.63) is 42.0 Å². The van der Waals surface area contributed by atoms with Crippen molar-refractivity contribution >= 4 is 10.8 Å². The summed E-state index contributed by atoms with van der Waals surface area (Å²) in [6.45, 7) is 3.76. The molecule has 2 rings (SSSR count). The van der Waals surface area contributed by atoms with Crippen LogP contribution >= 0.6 is 0 Å². The molecule has 0 bridgehead atoms. The molecule has 0 atom stereocenters. The van der Waals surface area contributed by atoms with Gasteiger partial charge in [0.1, 0.15) is 5.75 Å². The van der Waals surface area contributed by atoms with Gasteiger partial charge in [0, 0.05) is 0 Å². The largest absolute Gasteiger partial charge is 0.494 e. The molecular formula is C18H25NO. The molecule has 2 heteroatoms. The van der Waals surface area contributed by atoms with E-state index in [1.165, 1.54) is 29.2 Å². The molecule has 0 aromatic heterocycles. The van der Waals surface area contributed by atoms with E-state index in [0.29, 0.717) is 0 Å². The van der Waals surface area contributed by atoms with Crippen molar-refractivity contribution in [2.75, 3.05) is 13.2 Å². The summed E-state index contributed by atoms with van der Waals surface area (Å²) in [5.74, 6) is 0.980. The Balaban J connectivity index is 2.13. The molecule has 0 radical (unpaired) electrons. The van der Waals surface area contributed by atoms with Crippen LogP contribution in [0.3, 0.4) is 0 Å². The Hall–Kier alpha value is -1.54. The molecule has 0 aliphatic heterocycles. The Labute approximate surface area is 121 Å². The van der Waals surface area contributed by atoms with E-state index in [9.17, 15) is 0 Å². The summed E-state index contributed by atoms with van der Waals surface area (Å²) in [4.78, 5) is 0. The normalized spacial score (nSPS) is 10.9. The lowest BCUT2D eigenvalue weighted by Crippen LogP contribution is -2.01. The van der Waals surface area contributed by atoms with Gasteiger partial charge in [0.25, 0.3) is 0 Å². The molecule has 0 amide bonds. The minimum atomic E-state index is 0.740. The van der Waals surface area contributed by atoms with Gasteiger partial charge >= 0.3 is 0 Å². The number of fused-ring (bicyclic) bond motifs is 1. The molecule has 0 aliphatic carbocycles. The molecule has 0 saturated heterocycles. The smallest absolute Gasteiger partial charge is 0.119 e. The highest BCUT2D eigenvalue weighted by molar-refractivity contribution is 5.87. The molecule has 0 aliphatic rings. The second-order valence-corrected chi connectivity index (χ2v) is 5.25. The van der Waals surface area contributed by atoms with Crippen LogP contribution in [0.2, 0.25) is 0 Å². The minimum Gasteiger partial charge on any atom is -0.494 e. The fraction of sp³-hybridized carbons (Fsp3) is 0.444. The van der Waals surface area contributed by atoms with Crippen LogP contribution in [0.15, 0.2) is 36.4 Å². The number of benzene rings is 2. The van der Waals surface area contributed by atoms with Gasteiger partial charge in [0.2, 0.25) is 0 Å². The second kappa shape index (κ2) is 7.91. The van der Waals surface area contributed by atoms with Crippen LogP contribution in [-0.2, 0) is 6.42 Å². The molecule has 0 spiro atoms. The number of unbranched alkanes of at least 4 members (excludes halogenated alkanes) is 2. The summed E-state index contributed by atoms with van der Waals surface area (Å²) < 4.78 is 5.85. The van der Waals surface area contributed by atoms with Gasteiger partial charge in [-0.3, -0.25) is 0 Å². The third kappa shape index (κ3) is 3.97. The lowest BCUT2D eigenvalue weighted by molar-refractivity contribution is 0.306. The number of rotatable bonds is 8. The third-order valence-electron chi connectivity index (χ3n) is 3.61. The van der Waals surface area contributed by atoms with Crippen molar-refractivity contribution < 1.29 is 4.74 Å². The summed E-state index contributed by atoms with van der Waals surface area (Å²) in [5, 5.41) is 2.58. The standard InChI is InChI=1S/C18H25NO/c1-2-3-4-13-20-17-11-10-16-8-5-7-15(9-6-12-19)18(16)14-17/h5,7-8,10-11,14H,2-4,6,9,12-13,19H2,1H3. The lowest BCUT2D eigenvalue weighted by atomic mass is 10.0. The zero-order valence-electron chi connectivity index (χ0n) is 12.4. The average molecular weight is 271 g/mol. The number of nitrogens with two attached hydrogens (primary N) is 1. The molecule has 2 nitrogen and oxygen atoms in total. The topological polar surface area (TPSA) is 35.2 Å². The zero-order valence-corrected chi connectivity index (χ0v) is 12.4. The average Bonchev–Trinajstić information content (AvgIpc) is 2.49. The highest BCUT2D eigenvalue weighted by Gasteiger charge is 2.03. The Bertz CT molecular complexity index is 536. The summed E-state index contributed by atoms with van der Waals surface area (Å²) in [5.41, 5.74) is 6.99. The summed E-state index contributed by atoms with van der Waals surface area (Å²) in [7, 11) is 0. The van der Waals surface area contributed by atoms with Crippen LogP contribution in [0, 0.1) is 0 Å². The van der Waals surface area contributed by atoms with E-state index in [4.69, 9.17) is 10.5 Å². The first-order valence-electron chi connectivity index (χ1n) is 7.69. The summed E-state index contributed by atoms with van der Waals surface area (Å²) in [6, 6.07) is 12.9. The molecule has 0 saturated carbocycles. The van der Waals surface area contributed by atoms with E-state index < -0.39 is 0 Å². The maximum absolute atomic E-state index is 5.85. The van der Waals surface area contributed by atoms with Crippen molar-refractivity contribution in [1.29, 1.82) is 0 Å². The van der Waals surface area contributed by atoms with Gasteiger partial charge in [-0.2, -0.15) is 0 Å². The monoisotopic (exact) mass is 271 g/mol. The van der Waals surface area contributed by atoms with Gasteiger partial charge in [-0.25, -0.2) is 0 Å². The van der Waals surface area contributed by atoms with E-state index in [1.54, 1.807) is 0 Å². The predicted octanol–water partition coefficient (Wildman–Crippen LogP) is 4.30. The second-order valence-electron chi connectivity index (χ2n) is 5.25. The highest BCUT2D eigenvalue weighted by atomic mass is 16.5. The van der Waals surface area contributed by atoms with Crippen molar-refractivity contribution in [3.8, 4) is 5.75 Å². The van der Waals surface area contributed by atoms with Crippen LogP contribution in [0.4, 0.5) is 0 Å². The predicted molar refractivity (Wildman–Crippen MR) is 86.3 cm³/mol. The van der Waals surface area contributed by atoms with E-state index in [1.807, 2.05) is 0 Å². The van der Waals surface area contributed by atoms with Crippen molar-refractivity contribution in [1.82, 2.24) is 0 Å². The third-order valence-corrected chi connectivity index (χ3v) is 3.61. The molecule has 2 N–H and O–H groups in total. The zero-order chi connectivity index (χ0) is 14.2. The van der Waals surface area contributed by atoms with Gasteiger partial charge in [-0.1, -0.05) is 44.0 Å². The molecule has 2 aromatic rings. The SMILES string of the molecule is CCCCCOc1ccc2cccc(CCCN)c2c1. The van der Waals surface area contributed by atoms with Crippen LogP contribution in [0.25, 0.3) is 10.8 Å². The van der Waals surface area contributed by atoms with Crippen LogP contribution in [0.5, 0.6) is 5.75 Å². The number of hydrogen-bond donors (Lipinski definition) is 1. The number of ether oxygens (including phenoxy) is 1. The molecule has 108 valence electrons. The molecular weight excluding hydrogens is 246 g/mol. The first-order chi connectivity index (χ1) is 9.85. The van der Waals surface area contributed by atoms with Gasteiger partial charge in [0.05, 0.1) is 6.61 Å². The minimum absolute atomic E-state index is 0.740. The van der Waals surface area contributed by atoms with E-state index >= 15 is 0 Å². The molecule has 20 heavy (non-hydrogen) atoms. The summed E-state index contributed by atoms with van der Waals surface area (Å²) >= 11 is 0. The molecule has 0 unspecified atom stereocenters. The van der Waals surface area contributed by atoms with Gasteiger partial charge in [-0.05, 0) is 54.3 Å². The van der Waals surface area contributed by atoms with Gasteiger partial charge in [0.15, 0.2) is 0 Å².